The van der Waals surface area contributed by atoms with E-state index in [1.54, 1.807) is 12.8 Å². The minimum atomic E-state index is -2.72. The molecule has 10 aliphatic heterocycles. The van der Waals surface area contributed by atoms with Crippen LogP contribution < -0.4 is 0 Å². The second-order valence-corrected chi connectivity index (χ2v) is 35.5. The third kappa shape index (κ3) is 0.102. The summed E-state index contributed by atoms with van der Waals surface area (Å²) in [6.45, 7) is 6.92. The quantitative estimate of drug-likeness (QED) is 0.484. The summed E-state index contributed by atoms with van der Waals surface area (Å²) >= 11 is 0. The summed E-state index contributed by atoms with van der Waals surface area (Å²) in [5.41, 5.74) is 0. The first-order chi connectivity index (χ1) is 9.47. The van der Waals surface area contributed by atoms with Gasteiger partial charge in [-0.15, -0.1) is 0 Å². The third-order valence-electron chi connectivity index (χ3n) is 17.2. The van der Waals surface area contributed by atoms with E-state index < -0.39 is 6.51 Å². The molecule has 0 aromatic heterocycles. The van der Waals surface area contributed by atoms with Crippen molar-refractivity contribution in [2.75, 3.05) is 0 Å². The Labute approximate surface area is 113 Å². The summed E-state index contributed by atoms with van der Waals surface area (Å²) < 4.78 is 2.36. The molecule has 0 N–H and O–H groups in total. The van der Waals surface area contributed by atoms with Crippen molar-refractivity contribution < 1.29 is 6.51 Å². The van der Waals surface area contributed by atoms with Gasteiger partial charge in [0.2, 0.25) is 0 Å². The molecule has 0 nitrogen and oxygen atoms in total. The normalized spacial score (nSPS) is 106. The molecule has 0 bridgehead atoms. The second kappa shape index (κ2) is 0.894. The van der Waals surface area contributed by atoms with Crippen LogP contribution in [-0.2, 0) is 6.51 Å². The van der Waals surface area contributed by atoms with Crippen molar-refractivity contribution in [3.8, 4) is 0 Å². The van der Waals surface area contributed by atoms with Crippen LogP contribution in [0.1, 0.15) is 59.8 Å². The average molecular weight is 314 g/mol. The summed E-state index contributed by atoms with van der Waals surface area (Å²) in [6.07, 6.45) is 7.42. The number of fused-ring (bicyclic) bond motifs is 10. The molecule has 1 spiro atoms. The molecule has 10 rings (SSSR count). The molecule has 114 valence electrons. The average Bonchev–Trinajstić information content (AvgIpc) is 3.41. The molecule has 0 aliphatic carbocycles. The topological polar surface area (TPSA) is 0 Å². The first kappa shape index (κ1) is 9.61. The predicted molar refractivity (Wildman–Crippen MR) is 81.2 cm³/mol. The molecule has 0 aromatic rings. The van der Waals surface area contributed by atoms with E-state index in [0.717, 1.165) is 0 Å². The van der Waals surface area contributed by atoms with E-state index in [9.17, 15) is 0 Å². The molecule has 10 aliphatic rings. The van der Waals surface area contributed by atoms with Gasteiger partial charge in [-0.25, -0.2) is 0 Å². The maximum absolute atomic E-state index is 2.72. The Hall–Kier alpha value is 0.519. The first-order valence-electron chi connectivity index (χ1n) is 9.68. The molecule has 20 heavy (non-hydrogen) atoms. The Morgan fingerprint density at radius 1 is 0.650 bits per heavy atom. The molecular formula is C19H30Fe. The molecule has 10 fully saturated rings. The van der Waals surface area contributed by atoms with E-state index in [1.165, 1.54) is 66.4 Å². The monoisotopic (exact) mass is 314 g/mol. The van der Waals surface area contributed by atoms with Gasteiger partial charge in [-0.05, 0) is 0 Å². The van der Waals surface area contributed by atoms with Gasteiger partial charge in [0.15, 0.2) is 0 Å². The Morgan fingerprint density at radius 2 is 1.05 bits per heavy atom. The predicted octanol–water partition coefficient (Wildman–Crippen LogP) is 7.13. The molecular weight excluding hydrogens is 284 g/mol. The van der Waals surface area contributed by atoms with Crippen molar-refractivity contribution in [1.82, 2.24) is 0 Å². The number of hydrogen-bond donors (Lipinski definition) is 0. The van der Waals surface area contributed by atoms with Crippen LogP contribution >= 0.6 is 0 Å². The van der Waals surface area contributed by atoms with Crippen molar-refractivity contribution in [2.45, 2.75) is 107 Å². The Kier molecular flexibility index (Phi) is 0.430. The van der Waals surface area contributed by atoms with Gasteiger partial charge in [-0.3, -0.25) is 0 Å². The van der Waals surface area contributed by atoms with Gasteiger partial charge in [0.25, 0.3) is 0 Å². The van der Waals surface area contributed by atoms with Gasteiger partial charge in [0.05, 0.1) is 0 Å². The van der Waals surface area contributed by atoms with E-state index in [2.05, 4.69) is 27.7 Å². The van der Waals surface area contributed by atoms with Gasteiger partial charge < -0.3 is 0 Å². The molecule has 0 aromatic carbocycles. The van der Waals surface area contributed by atoms with Crippen LogP contribution in [0.2, 0.25) is 47.2 Å². The Morgan fingerprint density at radius 3 is 1.15 bits per heavy atom. The number of rotatable bonds is 4. The zero-order valence-corrected chi connectivity index (χ0v) is 14.6. The molecule has 0 saturated carbocycles. The number of unbranched alkanes of at least 4 members (excludes halogenated alkanes) is 2. The Balaban J connectivity index is 0.000000142. The summed E-state index contributed by atoms with van der Waals surface area (Å²) in [5, 5.41) is 0. The van der Waals surface area contributed by atoms with Crippen LogP contribution in [0, 0.1) is 0 Å². The van der Waals surface area contributed by atoms with Crippen molar-refractivity contribution in [1.29, 1.82) is 0 Å². The van der Waals surface area contributed by atoms with E-state index in [-0.39, 0.29) is 0 Å². The second-order valence-electron chi connectivity index (χ2n) is 12.1. The third-order valence-corrected chi connectivity index (χ3v) is 61.6. The summed E-state index contributed by atoms with van der Waals surface area (Å²) in [5.74, 6) is 0. The van der Waals surface area contributed by atoms with E-state index >= 15 is 0 Å². The molecule has 4 unspecified atom stereocenters. The summed E-state index contributed by atoms with van der Waals surface area (Å²) in [4.78, 5) is 12.3. The van der Waals surface area contributed by atoms with Crippen molar-refractivity contribution in [3.05, 3.63) is 0 Å². The van der Waals surface area contributed by atoms with Crippen LogP contribution in [0.15, 0.2) is 0 Å². The SMILES string of the molecule is CCCCC.CC[C]12[CH]3[CH]4[CH]5[C]1(CC)[Fe]43521678[CH]2[CH]1[CH]6[CH]7[CH]28. The van der Waals surface area contributed by atoms with Crippen LogP contribution in [0.4, 0.5) is 0 Å². The van der Waals surface area contributed by atoms with Crippen molar-refractivity contribution >= 4 is 0 Å². The van der Waals surface area contributed by atoms with Crippen molar-refractivity contribution in [3.63, 3.8) is 0 Å². The van der Waals surface area contributed by atoms with Gasteiger partial charge in [-0.2, -0.15) is 0 Å². The van der Waals surface area contributed by atoms with Gasteiger partial charge in [0, 0.05) is 0 Å². The van der Waals surface area contributed by atoms with Gasteiger partial charge in [-0.1, -0.05) is 33.1 Å². The van der Waals surface area contributed by atoms with E-state index in [1.807, 2.05) is 0 Å². The van der Waals surface area contributed by atoms with Crippen LogP contribution in [-0.4, -0.2) is 0 Å². The van der Waals surface area contributed by atoms with E-state index in [4.69, 9.17) is 0 Å². The summed E-state index contributed by atoms with van der Waals surface area (Å²) in [6, 6.07) is 0. The maximum atomic E-state index is 2.61. The van der Waals surface area contributed by atoms with Crippen LogP contribution in [0.5, 0.6) is 0 Å². The van der Waals surface area contributed by atoms with Crippen LogP contribution in [0.3, 0.4) is 0 Å². The molecule has 10 heterocycles. The fourth-order valence-electron chi connectivity index (χ4n) is 20.0. The summed E-state index contributed by atoms with van der Waals surface area (Å²) in [7, 11) is 0. The molecule has 0 radical (unpaired) electrons. The first-order valence-corrected chi connectivity index (χ1v) is 15.9. The number of hydrogen-bond acceptors (Lipinski definition) is 0. The van der Waals surface area contributed by atoms with E-state index in [0.29, 0.717) is 0 Å². The Bertz CT molecular complexity index is 890. The molecule has 4 atom stereocenters. The van der Waals surface area contributed by atoms with Gasteiger partial charge in [0.1, 0.15) is 0 Å². The zero-order chi connectivity index (χ0) is 13.5. The van der Waals surface area contributed by atoms with Crippen molar-refractivity contribution in [2.24, 2.45) is 0 Å². The molecule has 1 heteroatoms. The van der Waals surface area contributed by atoms with Crippen LogP contribution in [0.25, 0.3) is 0 Å². The minimum absolute atomic E-state index is 1.18. The van der Waals surface area contributed by atoms with Gasteiger partial charge >= 0.3 is 80.4 Å². The standard InChI is InChI=1S/C9H13.C5H5.C5H12.Fe/c1-3-8-6-5-7-9(8)4-2;1-2-4-5-3-1;1-3-5-4-2;/h5-7H,3-4H2,1-2H3;1-5H;3-5H2,1-2H3;. The zero-order valence-electron chi connectivity index (χ0n) is 13.5. The molecule has 10 saturated heterocycles. The fraction of sp³-hybridized carbons (Fsp3) is 1.00. The molecule has 0 amide bonds. The fourth-order valence-corrected chi connectivity index (χ4v) is 99.4.